The van der Waals surface area contributed by atoms with Crippen LogP contribution < -0.4 is 10.3 Å². The summed E-state index contributed by atoms with van der Waals surface area (Å²) in [5.74, 6) is -0.494. The molecular formula is C27H40F6N6O5Si. The van der Waals surface area contributed by atoms with Crippen LogP contribution in [0, 0.1) is 0 Å². The first kappa shape index (κ1) is 36.4. The molecule has 1 N–H and O–H groups in total. The maximum atomic E-state index is 13.9. The summed E-state index contributed by atoms with van der Waals surface area (Å²) in [4.78, 5) is 23.5. The van der Waals surface area contributed by atoms with Crippen molar-refractivity contribution in [2.24, 2.45) is 0 Å². The Labute approximate surface area is 259 Å². The molecule has 1 aromatic rings. The fourth-order valence-corrected chi connectivity index (χ4v) is 4.96. The first-order valence-corrected chi connectivity index (χ1v) is 18.0. The Morgan fingerprint density at radius 3 is 2.22 bits per heavy atom. The predicted molar refractivity (Wildman–Crippen MR) is 154 cm³/mol. The van der Waals surface area contributed by atoms with E-state index in [1.54, 1.807) is 9.80 Å². The smallest absolute Gasteiger partial charge is 0.421 e. The molecule has 2 aliphatic heterocycles. The zero-order chi connectivity index (χ0) is 33.3. The van der Waals surface area contributed by atoms with Gasteiger partial charge in [-0.15, -0.1) is 0 Å². The van der Waals surface area contributed by atoms with Crippen LogP contribution in [-0.2, 0) is 29.9 Å². The molecule has 2 aliphatic rings. The largest absolute Gasteiger partial charge is 0.483 e. The summed E-state index contributed by atoms with van der Waals surface area (Å²) in [6, 6.07) is 0.878. The highest BCUT2D eigenvalue weighted by Crippen LogP contribution is 2.34. The second-order valence-electron chi connectivity index (χ2n) is 11.7. The normalized spacial score (nSPS) is 17.1. The SMILES string of the molecule is COCC(COCCC(=O)N1CCN(c2ncc(C(F)(F)F)cn2)CC1)OC1=CNN(COCC[Si](C)(C)C)C=C1C(F)(F)F. The minimum Gasteiger partial charge on any atom is -0.483 e. The lowest BCUT2D eigenvalue weighted by Crippen LogP contribution is -2.49. The Kier molecular flexibility index (Phi) is 12.9. The van der Waals surface area contributed by atoms with Gasteiger partial charge in [0.25, 0.3) is 0 Å². The van der Waals surface area contributed by atoms with Crippen molar-refractivity contribution in [2.45, 2.75) is 50.6 Å². The van der Waals surface area contributed by atoms with E-state index in [9.17, 15) is 31.1 Å². The number of piperazine rings is 1. The number of nitrogens with one attached hydrogen (secondary N) is 1. The van der Waals surface area contributed by atoms with Crippen molar-refractivity contribution in [3.63, 3.8) is 0 Å². The minimum atomic E-state index is -4.70. The molecule has 0 aliphatic carbocycles. The van der Waals surface area contributed by atoms with Crippen LogP contribution in [0.1, 0.15) is 12.0 Å². The Hall–Kier alpha value is -3.09. The highest BCUT2D eigenvalue weighted by Gasteiger charge is 2.40. The van der Waals surface area contributed by atoms with Crippen molar-refractivity contribution in [3.8, 4) is 0 Å². The molecule has 254 valence electrons. The maximum absolute atomic E-state index is 13.9. The summed E-state index contributed by atoms with van der Waals surface area (Å²) in [6.07, 6.45) is -6.67. The lowest BCUT2D eigenvalue weighted by molar-refractivity contribution is -0.138. The molecule has 1 saturated heterocycles. The summed E-state index contributed by atoms with van der Waals surface area (Å²) in [5.41, 5.74) is 0.790. The van der Waals surface area contributed by atoms with Crippen LogP contribution in [-0.4, -0.2) is 113 Å². The van der Waals surface area contributed by atoms with Crippen LogP contribution in [0.25, 0.3) is 0 Å². The molecule has 0 radical (unpaired) electrons. The Balaban J connectivity index is 1.43. The van der Waals surface area contributed by atoms with Crippen LogP contribution in [0.5, 0.6) is 0 Å². The molecule has 1 amide bonds. The molecule has 0 aromatic carbocycles. The van der Waals surface area contributed by atoms with E-state index in [4.69, 9.17) is 18.9 Å². The first-order valence-electron chi connectivity index (χ1n) is 14.3. The number of carbonyl (C=O) groups excluding carboxylic acids is 1. The fraction of sp³-hybridized carbons (Fsp3) is 0.667. The summed E-state index contributed by atoms with van der Waals surface area (Å²) < 4.78 is 102. The van der Waals surface area contributed by atoms with Crippen molar-refractivity contribution in [3.05, 3.63) is 41.7 Å². The topological polar surface area (TPSA) is 102 Å². The van der Waals surface area contributed by atoms with E-state index >= 15 is 0 Å². The minimum absolute atomic E-state index is 0.00750. The average molecular weight is 671 g/mol. The van der Waals surface area contributed by atoms with Crippen LogP contribution in [0.2, 0.25) is 25.7 Å². The Bertz CT molecular complexity index is 1150. The van der Waals surface area contributed by atoms with Gasteiger partial charge in [0.2, 0.25) is 11.9 Å². The van der Waals surface area contributed by atoms with Crippen LogP contribution in [0.3, 0.4) is 0 Å². The summed E-state index contributed by atoms with van der Waals surface area (Å²) in [7, 11) is 0.0346. The molecule has 3 rings (SSSR count). The van der Waals surface area contributed by atoms with Gasteiger partial charge in [-0.1, -0.05) is 19.6 Å². The van der Waals surface area contributed by atoms with Gasteiger partial charge in [-0.25, -0.2) is 9.97 Å². The number of allylic oxidation sites excluding steroid dienone is 1. The highest BCUT2D eigenvalue weighted by molar-refractivity contribution is 6.76. The molecule has 1 unspecified atom stereocenters. The molecule has 18 heteroatoms. The zero-order valence-corrected chi connectivity index (χ0v) is 26.7. The zero-order valence-electron chi connectivity index (χ0n) is 25.7. The molecule has 0 bridgehead atoms. The summed E-state index contributed by atoms with van der Waals surface area (Å²) in [5, 5.41) is 1.18. The van der Waals surface area contributed by atoms with Crippen LogP contribution in [0.15, 0.2) is 36.1 Å². The number of anilines is 1. The molecule has 11 nitrogen and oxygen atoms in total. The number of amides is 1. The van der Waals surface area contributed by atoms with Gasteiger partial charge in [0.1, 0.15) is 18.4 Å². The Morgan fingerprint density at radius 1 is 0.978 bits per heavy atom. The fourth-order valence-electron chi connectivity index (χ4n) is 4.20. The van der Waals surface area contributed by atoms with Gasteiger partial charge >= 0.3 is 12.4 Å². The third-order valence-corrected chi connectivity index (χ3v) is 8.44. The van der Waals surface area contributed by atoms with Crippen molar-refractivity contribution in [1.29, 1.82) is 0 Å². The van der Waals surface area contributed by atoms with E-state index in [0.29, 0.717) is 32.8 Å². The monoisotopic (exact) mass is 670 g/mol. The van der Waals surface area contributed by atoms with Crippen molar-refractivity contribution < 1.29 is 50.1 Å². The van der Waals surface area contributed by atoms with Crippen molar-refractivity contribution in [2.75, 3.05) is 71.3 Å². The number of aromatic nitrogens is 2. The molecule has 45 heavy (non-hydrogen) atoms. The molecular weight excluding hydrogens is 630 g/mol. The number of nitrogens with zero attached hydrogens (tertiary/aromatic N) is 5. The van der Waals surface area contributed by atoms with E-state index in [1.807, 2.05) is 0 Å². The molecule has 0 spiro atoms. The Morgan fingerprint density at radius 2 is 1.64 bits per heavy atom. The summed E-state index contributed by atoms with van der Waals surface area (Å²) in [6.45, 7) is 7.99. The lowest BCUT2D eigenvalue weighted by Gasteiger charge is -2.34. The first-order chi connectivity index (χ1) is 21.1. The second-order valence-corrected chi connectivity index (χ2v) is 17.3. The molecule has 1 fully saturated rings. The standard InChI is InChI=1S/C27H40F6N6O5Si/c1-41-17-21(44-23-15-36-39(16-22(23)27(31,32)33)19-43-11-12-45(2,3)4)18-42-10-5-24(40)37-6-8-38(9-7-37)25-34-13-20(14-35-25)26(28,29)30/h13-16,21,36H,5-12,17-19H2,1-4H3. The van der Waals surface area contributed by atoms with E-state index in [1.165, 1.54) is 12.1 Å². The quantitative estimate of drug-likeness (QED) is 0.168. The van der Waals surface area contributed by atoms with Gasteiger partial charge in [0.15, 0.2) is 5.76 Å². The number of hydrazine groups is 1. The number of carbonyl (C=O) groups is 1. The van der Waals surface area contributed by atoms with Gasteiger partial charge < -0.3 is 34.2 Å². The molecule has 1 aromatic heterocycles. The highest BCUT2D eigenvalue weighted by atomic mass is 28.3. The van der Waals surface area contributed by atoms with Gasteiger partial charge in [-0.3, -0.25) is 9.80 Å². The third-order valence-electron chi connectivity index (χ3n) is 6.73. The van der Waals surface area contributed by atoms with E-state index < -0.39 is 43.4 Å². The van der Waals surface area contributed by atoms with Crippen molar-refractivity contribution >= 4 is 19.9 Å². The maximum Gasteiger partial charge on any atom is 0.421 e. The molecule has 0 saturated carbocycles. The number of hydrogen-bond donors (Lipinski definition) is 1. The number of hydrogen-bond acceptors (Lipinski definition) is 10. The number of rotatable bonds is 15. The third kappa shape index (κ3) is 12.0. The van der Waals surface area contributed by atoms with E-state index in [0.717, 1.165) is 30.8 Å². The van der Waals surface area contributed by atoms with Crippen molar-refractivity contribution in [1.82, 2.24) is 25.3 Å². The van der Waals surface area contributed by atoms with Gasteiger partial charge in [-0.05, 0) is 6.04 Å². The van der Waals surface area contributed by atoms with E-state index in [-0.39, 0.29) is 44.8 Å². The van der Waals surface area contributed by atoms with Gasteiger partial charge in [0, 0.05) is 66.6 Å². The second kappa shape index (κ2) is 16.0. The predicted octanol–water partition coefficient (Wildman–Crippen LogP) is 4.00. The van der Waals surface area contributed by atoms with Crippen LogP contribution in [0.4, 0.5) is 32.3 Å². The van der Waals surface area contributed by atoms with Crippen LogP contribution >= 0.6 is 0 Å². The lowest BCUT2D eigenvalue weighted by atomic mass is 10.2. The molecule has 1 atom stereocenters. The van der Waals surface area contributed by atoms with Gasteiger partial charge in [-0.2, -0.15) is 26.3 Å². The van der Waals surface area contributed by atoms with E-state index in [2.05, 4.69) is 35.0 Å². The number of alkyl halides is 6. The van der Waals surface area contributed by atoms with Gasteiger partial charge in [0.05, 0.1) is 38.0 Å². The average Bonchev–Trinajstić information content (AvgIpc) is 2.96. The number of methoxy groups -OCH3 is 1. The number of halogens is 6. The molecule has 3 heterocycles. The number of ether oxygens (including phenoxy) is 4. The summed E-state index contributed by atoms with van der Waals surface area (Å²) >= 11 is 0.